The Morgan fingerprint density at radius 1 is 0.905 bits per heavy atom. The third-order valence-electron chi connectivity index (χ3n) is 6.79. The molecule has 214 valence electrons. The van der Waals surface area contributed by atoms with Crippen LogP contribution in [0.5, 0.6) is 5.75 Å². The first kappa shape index (κ1) is 28.4. The van der Waals surface area contributed by atoms with Crippen LogP contribution in [0.25, 0.3) is 21.7 Å². The van der Waals surface area contributed by atoms with Gasteiger partial charge in [0.15, 0.2) is 0 Å². The number of aromatic amines is 1. The topological polar surface area (TPSA) is 105 Å². The summed E-state index contributed by atoms with van der Waals surface area (Å²) < 4.78 is 11.5. The Morgan fingerprint density at radius 2 is 1.64 bits per heavy atom. The molecule has 1 atom stereocenters. The number of nitrogens with one attached hydrogen (secondary N) is 3. The van der Waals surface area contributed by atoms with Crippen LogP contribution >= 0.6 is 0 Å². The molecule has 0 bridgehead atoms. The highest BCUT2D eigenvalue weighted by molar-refractivity contribution is 6.02. The SMILES string of the molecule is CC(C)COC(=O)N[C@H](Cc1c[nH]c2ccccc12)C(=O)N/N=C\c1c(OCc2ccccc2)ccc2ccccc12. The lowest BCUT2D eigenvalue weighted by molar-refractivity contribution is -0.123. The molecule has 5 aromatic rings. The number of para-hydroxylation sites is 1. The lowest BCUT2D eigenvalue weighted by Gasteiger charge is -2.17. The van der Waals surface area contributed by atoms with E-state index in [1.807, 2.05) is 111 Å². The minimum atomic E-state index is -0.915. The van der Waals surface area contributed by atoms with E-state index < -0.39 is 18.0 Å². The summed E-state index contributed by atoms with van der Waals surface area (Å²) >= 11 is 0. The molecule has 1 aromatic heterocycles. The number of carbonyl (C=O) groups excluding carboxylic acids is 2. The molecule has 4 aromatic carbocycles. The minimum absolute atomic E-state index is 0.167. The Bertz CT molecular complexity index is 1690. The number of benzene rings is 4. The van der Waals surface area contributed by atoms with Crippen molar-refractivity contribution in [3.63, 3.8) is 0 Å². The molecule has 0 fully saturated rings. The molecule has 2 amide bonds. The van der Waals surface area contributed by atoms with Crippen LogP contribution < -0.4 is 15.5 Å². The number of rotatable bonds is 11. The van der Waals surface area contributed by atoms with E-state index in [-0.39, 0.29) is 18.9 Å². The average Bonchev–Trinajstić information content (AvgIpc) is 3.42. The number of aromatic nitrogens is 1. The number of amides is 2. The lowest BCUT2D eigenvalue weighted by Crippen LogP contribution is -2.47. The van der Waals surface area contributed by atoms with Crippen molar-refractivity contribution in [3.05, 3.63) is 114 Å². The molecule has 0 aliphatic carbocycles. The van der Waals surface area contributed by atoms with Crippen LogP contribution in [0.3, 0.4) is 0 Å². The number of nitrogens with zero attached hydrogens (tertiary/aromatic N) is 1. The number of hydrogen-bond donors (Lipinski definition) is 3. The molecule has 0 spiro atoms. The van der Waals surface area contributed by atoms with E-state index in [2.05, 4.69) is 20.8 Å². The predicted octanol–water partition coefficient (Wildman–Crippen LogP) is 6.34. The second-order valence-corrected chi connectivity index (χ2v) is 10.5. The molecule has 42 heavy (non-hydrogen) atoms. The number of H-pyrrole nitrogens is 1. The average molecular weight is 563 g/mol. The zero-order chi connectivity index (χ0) is 29.3. The van der Waals surface area contributed by atoms with Crippen LogP contribution in [0.4, 0.5) is 4.79 Å². The second-order valence-electron chi connectivity index (χ2n) is 10.5. The summed E-state index contributed by atoms with van der Waals surface area (Å²) in [7, 11) is 0. The summed E-state index contributed by atoms with van der Waals surface area (Å²) in [6.45, 7) is 4.53. The number of ether oxygens (including phenoxy) is 2. The molecule has 8 heteroatoms. The van der Waals surface area contributed by atoms with E-state index >= 15 is 0 Å². The minimum Gasteiger partial charge on any atom is -0.488 e. The zero-order valence-electron chi connectivity index (χ0n) is 23.7. The number of carbonyl (C=O) groups is 2. The number of hydrogen-bond acceptors (Lipinski definition) is 5. The third kappa shape index (κ3) is 7.14. The highest BCUT2D eigenvalue weighted by atomic mass is 16.5. The fraction of sp³-hybridized carbons (Fsp3) is 0.206. The van der Waals surface area contributed by atoms with E-state index in [1.54, 1.807) is 6.21 Å². The van der Waals surface area contributed by atoms with Crippen LogP contribution in [0.2, 0.25) is 0 Å². The summed E-state index contributed by atoms with van der Waals surface area (Å²) in [5.74, 6) is 0.339. The Labute approximate surface area is 244 Å². The largest absolute Gasteiger partial charge is 0.488 e. The van der Waals surface area contributed by atoms with Gasteiger partial charge in [-0.2, -0.15) is 5.10 Å². The molecule has 0 saturated carbocycles. The van der Waals surface area contributed by atoms with Crippen LogP contribution in [0.1, 0.15) is 30.5 Å². The molecule has 3 N–H and O–H groups in total. The van der Waals surface area contributed by atoms with Crippen molar-refractivity contribution in [3.8, 4) is 5.75 Å². The fourth-order valence-corrected chi connectivity index (χ4v) is 4.66. The first-order valence-electron chi connectivity index (χ1n) is 14.0. The van der Waals surface area contributed by atoms with Gasteiger partial charge in [-0.3, -0.25) is 4.79 Å². The predicted molar refractivity (Wildman–Crippen MR) is 166 cm³/mol. The maximum absolute atomic E-state index is 13.4. The molecule has 0 unspecified atom stereocenters. The Kier molecular flexibility index (Phi) is 9.13. The van der Waals surface area contributed by atoms with Crippen LogP contribution in [-0.4, -0.2) is 35.8 Å². The van der Waals surface area contributed by atoms with Gasteiger partial charge in [-0.1, -0.05) is 92.7 Å². The normalized spacial score (nSPS) is 12.1. The van der Waals surface area contributed by atoms with Crippen molar-refractivity contribution in [2.24, 2.45) is 11.0 Å². The summed E-state index contributed by atoms with van der Waals surface area (Å²) in [6, 6.07) is 28.6. The van der Waals surface area contributed by atoms with Crippen LogP contribution in [0, 0.1) is 5.92 Å². The van der Waals surface area contributed by atoms with Gasteiger partial charge >= 0.3 is 6.09 Å². The third-order valence-corrected chi connectivity index (χ3v) is 6.79. The van der Waals surface area contributed by atoms with Crippen molar-refractivity contribution >= 4 is 39.9 Å². The molecule has 5 rings (SSSR count). The summed E-state index contributed by atoms with van der Waals surface area (Å²) in [6.07, 6.45) is 3.03. The first-order valence-corrected chi connectivity index (χ1v) is 14.0. The van der Waals surface area contributed by atoms with E-state index in [1.165, 1.54) is 0 Å². The van der Waals surface area contributed by atoms with Gasteiger partial charge in [0.25, 0.3) is 5.91 Å². The zero-order valence-corrected chi connectivity index (χ0v) is 23.7. The highest BCUT2D eigenvalue weighted by Gasteiger charge is 2.23. The van der Waals surface area contributed by atoms with Gasteiger partial charge in [0.1, 0.15) is 18.4 Å². The Balaban J connectivity index is 1.36. The number of hydrazone groups is 1. The summed E-state index contributed by atoms with van der Waals surface area (Å²) in [4.78, 5) is 29.2. The van der Waals surface area contributed by atoms with Gasteiger partial charge in [-0.25, -0.2) is 10.2 Å². The van der Waals surface area contributed by atoms with Gasteiger partial charge in [-0.05, 0) is 39.9 Å². The van der Waals surface area contributed by atoms with Crippen molar-refractivity contribution in [2.45, 2.75) is 32.9 Å². The first-order chi connectivity index (χ1) is 20.5. The van der Waals surface area contributed by atoms with E-state index in [4.69, 9.17) is 9.47 Å². The summed E-state index contributed by atoms with van der Waals surface area (Å²) in [5.41, 5.74) is 6.24. The van der Waals surface area contributed by atoms with Gasteiger partial charge in [0.2, 0.25) is 0 Å². The molecular formula is C34H34N4O4. The van der Waals surface area contributed by atoms with Gasteiger partial charge in [-0.15, -0.1) is 0 Å². The fourth-order valence-electron chi connectivity index (χ4n) is 4.66. The van der Waals surface area contributed by atoms with E-state index in [9.17, 15) is 9.59 Å². The molecule has 1 heterocycles. The van der Waals surface area contributed by atoms with Crippen molar-refractivity contribution in [1.29, 1.82) is 0 Å². The molecule has 0 saturated heterocycles. The molecule has 0 aliphatic heterocycles. The van der Waals surface area contributed by atoms with Gasteiger partial charge in [0, 0.05) is 29.1 Å². The highest BCUT2D eigenvalue weighted by Crippen LogP contribution is 2.27. The number of alkyl carbamates (subject to hydrolysis) is 1. The molecule has 0 aliphatic rings. The smallest absolute Gasteiger partial charge is 0.407 e. The standard InChI is InChI=1S/C34H34N4O4/c1-23(2)21-42-34(40)37-31(18-26-19-35-30-15-9-8-14-28(26)30)33(39)38-36-20-29-27-13-7-6-12-25(27)16-17-32(29)41-22-24-10-4-3-5-11-24/h3-17,19-20,23,31,35H,18,21-22H2,1-2H3,(H,37,40)(H,38,39)/b36-20-/t31-/m1/s1. The van der Waals surface area contributed by atoms with Gasteiger partial charge in [0.05, 0.1) is 12.8 Å². The van der Waals surface area contributed by atoms with Crippen LogP contribution in [-0.2, 0) is 22.6 Å². The van der Waals surface area contributed by atoms with E-state index in [0.29, 0.717) is 12.4 Å². The second kappa shape index (κ2) is 13.5. The van der Waals surface area contributed by atoms with Crippen molar-refractivity contribution in [2.75, 3.05) is 6.61 Å². The van der Waals surface area contributed by atoms with Crippen LogP contribution in [0.15, 0.2) is 102 Å². The Morgan fingerprint density at radius 3 is 2.45 bits per heavy atom. The van der Waals surface area contributed by atoms with E-state index in [0.717, 1.165) is 38.4 Å². The number of fused-ring (bicyclic) bond motifs is 2. The molecular weight excluding hydrogens is 528 g/mol. The Hall–Kier alpha value is -5.11. The molecule has 0 radical (unpaired) electrons. The van der Waals surface area contributed by atoms with Crippen molar-refractivity contribution in [1.82, 2.24) is 15.7 Å². The lowest BCUT2D eigenvalue weighted by atomic mass is 10.0. The maximum Gasteiger partial charge on any atom is 0.407 e. The summed E-state index contributed by atoms with van der Waals surface area (Å²) in [5, 5.41) is 9.95. The molecule has 8 nitrogen and oxygen atoms in total. The van der Waals surface area contributed by atoms with Gasteiger partial charge < -0.3 is 19.8 Å². The maximum atomic E-state index is 13.4. The monoisotopic (exact) mass is 562 g/mol. The quantitative estimate of drug-likeness (QED) is 0.129. The van der Waals surface area contributed by atoms with Crippen molar-refractivity contribution < 1.29 is 19.1 Å².